The molecule has 23 heavy (non-hydrogen) atoms. The van der Waals surface area contributed by atoms with Crippen LogP contribution in [-0.4, -0.2) is 18.7 Å². The van der Waals surface area contributed by atoms with Crippen LogP contribution in [0.1, 0.15) is 18.2 Å². The Morgan fingerprint density at radius 3 is 3.00 bits per heavy atom. The van der Waals surface area contributed by atoms with Crippen molar-refractivity contribution in [2.75, 3.05) is 6.79 Å². The molecule has 0 saturated carbocycles. The largest absolute Gasteiger partial charge is 0.467 e. The van der Waals surface area contributed by atoms with Crippen LogP contribution in [0.15, 0.2) is 39.4 Å². The molecule has 2 N–H and O–H groups in total. The van der Waals surface area contributed by atoms with Crippen LogP contribution in [0.2, 0.25) is 0 Å². The van der Waals surface area contributed by atoms with E-state index in [1.54, 1.807) is 12.3 Å². The van der Waals surface area contributed by atoms with Crippen LogP contribution >= 0.6 is 15.9 Å². The van der Waals surface area contributed by atoms with Crippen molar-refractivity contribution in [2.24, 2.45) is 0 Å². The molecular formula is C16H17BrN2O4. The van der Waals surface area contributed by atoms with Gasteiger partial charge >= 0.3 is 0 Å². The third kappa shape index (κ3) is 3.86. The lowest BCUT2D eigenvalue weighted by Gasteiger charge is -2.14. The molecule has 1 unspecified atom stereocenters. The van der Waals surface area contributed by atoms with Crippen LogP contribution in [0.3, 0.4) is 0 Å². The average molecular weight is 381 g/mol. The van der Waals surface area contributed by atoms with Crippen LogP contribution < -0.4 is 20.1 Å². The van der Waals surface area contributed by atoms with E-state index in [-0.39, 0.29) is 18.7 Å². The second-order valence-corrected chi connectivity index (χ2v) is 6.07. The van der Waals surface area contributed by atoms with Gasteiger partial charge in [-0.25, -0.2) is 0 Å². The molecule has 0 spiro atoms. The molecule has 122 valence electrons. The Morgan fingerprint density at radius 2 is 2.22 bits per heavy atom. The van der Waals surface area contributed by atoms with E-state index in [2.05, 4.69) is 26.6 Å². The first-order valence-electron chi connectivity index (χ1n) is 7.25. The second kappa shape index (κ2) is 7.06. The number of nitrogens with one attached hydrogen (secondary N) is 2. The van der Waals surface area contributed by atoms with Crippen LogP contribution in [0, 0.1) is 0 Å². The molecule has 3 rings (SSSR count). The normalized spacial score (nSPS) is 13.8. The maximum absolute atomic E-state index is 12.0. The van der Waals surface area contributed by atoms with Gasteiger partial charge in [0.1, 0.15) is 5.76 Å². The average Bonchev–Trinajstić information content (AvgIpc) is 3.21. The van der Waals surface area contributed by atoms with Crippen molar-refractivity contribution in [3.05, 3.63) is 46.3 Å². The predicted octanol–water partition coefficient (Wildman–Crippen LogP) is 2.57. The Labute approximate surface area is 142 Å². The Bertz CT molecular complexity index is 688. The molecule has 0 radical (unpaired) electrons. The van der Waals surface area contributed by atoms with Gasteiger partial charge in [-0.2, -0.15) is 0 Å². The van der Waals surface area contributed by atoms with Crippen molar-refractivity contribution in [3.8, 4) is 11.5 Å². The highest BCUT2D eigenvalue weighted by Gasteiger charge is 2.18. The second-order valence-electron chi connectivity index (χ2n) is 5.21. The number of fused-ring (bicyclic) bond motifs is 1. The predicted molar refractivity (Wildman–Crippen MR) is 87.1 cm³/mol. The number of hydrogen-bond donors (Lipinski definition) is 2. The molecule has 0 fully saturated rings. The first-order chi connectivity index (χ1) is 11.1. The van der Waals surface area contributed by atoms with Gasteiger partial charge in [-0.3, -0.25) is 4.79 Å². The summed E-state index contributed by atoms with van der Waals surface area (Å²) in [5.74, 6) is 2.08. The highest BCUT2D eigenvalue weighted by atomic mass is 79.9. The molecule has 1 aromatic heterocycles. The molecular weight excluding hydrogens is 364 g/mol. The summed E-state index contributed by atoms with van der Waals surface area (Å²) in [4.78, 5) is 12.0. The fourth-order valence-electron chi connectivity index (χ4n) is 2.23. The van der Waals surface area contributed by atoms with Gasteiger partial charge < -0.3 is 24.5 Å². The van der Waals surface area contributed by atoms with E-state index in [9.17, 15) is 4.79 Å². The van der Waals surface area contributed by atoms with E-state index in [4.69, 9.17) is 13.9 Å². The van der Waals surface area contributed by atoms with E-state index in [0.717, 1.165) is 21.5 Å². The van der Waals surface area contributed by atoms with Gasteiger partial charge in [0.15, 0.2) is 11.5 Å². The van der Waals surface area contributed by atoms with Gasteiger partial charge in [-0.1, -0.05) is 0 Å². The fraction of sp³-hybridized carbons (Fsp3) is 0.312. The SMILES string of the molecule is CC(NCc1cc(Br)c2c(c1)OCO2)C(=O)NCc1ccco1. The lowest BCUT2D eigenvalue weighted by atomic mass is 10.2. The number of carbonyl (C=O) groups is 1. The molecule has 2 aromatic rings. The quantitative estimate of drug-likeness (QED) is 0.805. The summed E-state index contributed by atoms with van der Waals surface area (Å²) in [6.07, 6.45) is 1.58. The molecule has 1 aliphatic heterocycles. The van der Waals surface area contributed by atoms with Crippen LogP contribution in [-0.2, 0) is 17.9 Å². The third-order valence-corrected chi connectivity index (χ3v) is 4.10. The van der Waals surface area contributed by atoms with Gasteiger partial charge in [-0.05, 0) is 52.7 Å². The number of furan rings is 1. The minimum Gasteiger partial charge on any atom is -0.467 e. The fourth-order valence-corrected chi connectivity index (χ4v) is 2.83. The lowest BCUT2D eigenvalue weighted by molar-refractivity contribution is -0.123. The van der Waals surface area contributed by atoms with E-state index >= 15 is 0 Å². The molecule has 0 bridgehead atoms. The summed E-state index contributed by atoms with van der Waals surface area (Å²) in [7, 11) is 0. The van der Waals surface area contributed by atoms with E-state index in [0.29, 0.717) is 18.8 Å². The van der Waals surface area contributed by atoms with E-state index in [1.807, 2.05) is 25.1 Å². The van der Waals surface area contributed by atoms with E-state index < -0.39 is 0 Å². The summed E-state index contributed by atoms with van der Waals surface area (Å²) in [6, 6.07) is 7.15. The first kappa shape index (κ1) is 15.9. The smallest absolute Gasteiger partial charge is 0.237 e. The summed E-state index contributed by atoms with van der Waals surface area (Å²) < 4.78 is 16.8. The van der Waals surface area contributed by atoms with Crippen molar-refractivity contribution in [2.45, 2.75) is 26.1 Å². The number of ether oxygens (including phenoxy) is 2. The zero-order chi connectivity index (χ0) is 16.2. The summed E-state index contributed by atoms with van der Waals surface area (Å²) in [6.45, 7) is 2.98. The molecule has 0 aliphatic carbocycles. The third-order valence-electron chi connectivity index (χ3n) is 3.51. The molecule has 6 nitrogen and oxygen atoms in total. The Balaban J connectivity index is 1.51. The number of halogens is 1. The van der Waals surface area contributed by atoms with Crippen LogP contribution in [0.5, 0.6) is 11.5 Å². The number of hydrogen-bond acceptors (Lipinski definition) is 5. The zero-order valence-corrected chi connectivity index (χ0v) is 14.2. The maximum Gasteiger partial charge on any atom is 0.237 e. The van der Waals surface area contributed by atoms with Crippen molar-refractivity contribution in [3.63, 3.8) is 0 Å². The number of rotatable bonds is 6. The number of benzene rings is 1. The number of carbonyl (C=O) groups excluding carboxylic acids is 1. The molecule has 1 aromatic carbocycles. The van der Waals surface area contributed by atoms with Crippen molar-refractivity contribution >= 4 is 21.8 Å². The van der Waals surface area contributed by atoms with Gasteiger partial charge in [0, 0.05) is 6.54 Å². The molecule has 2 heterocycles. The molecule has 1 amide bonds. The van der Waals surface area contributed by atoms with Crippen molar-refractivity contribution < 1.29 is 18.7 Å². The molecule has 1 aliphatic rings. The van der Waals surface area contributed by atoms with Crippen molar-refractivity contribution in [1.82, 2.24) is 10.6 Å². The highest BCUT2D eigenvalue weighted by molar-refractivity contribution is 9.10. The van der Waals surface area contributed by atoms with Gasteiger partial charge in [-0.15, -0.1) is 0 Å². The maximum atomic E-state index is 12.0. The highest BCUT2D eigenvalue weighted by Crippen LogP contribution is 2.39. The zero-order valence-electron chi connectivity index (χ0n) is 12.6. The van der Waals surface area contributed by atoms with Gasteiger partial charge in [0.05, 0.1) is 23.3 Å². The summed E-state index contributed by atoms with van der Waals surface area (Å²) in [5, 5.41) is 6.01. The topological polar surface area (TPSA) is 72.7 Å². The Hall–Kier alpha value is -1.99. The van der Waals surface area contributed by atoms with Gasteiger partial charge in [0.2, 0.25) is 12.7 Å². The Kier molecular flexibility index (Phi) is 4.88. The van der Waals surface area contributed by atoms with Crippen molar-refractivity contribution in [1.29, 1.82) is 0 Å². The van der Waals surface area contributed by atoms with Crippen LogP contribution in [0.25, 0.3) is 0 Å². The monoisotopic (exact) mass is 380 g/mol. The standard InChI is InChI=1S/C16H17BrN2O4/c1-10(16(20)19-8-12-3-2-4-21-12)18-7-11-5-13(17)15-14(6-11)22-9-23-15/h2-6,10,18H,7-9H2,1H3,(H,19,20). The lowest BCUT2D eigenvalue weighted by Crippen LogP contribution is -2.41. The van der Waals surface area contributed by atoms with Crippen LogP contribution in [0.4, 0.5) is 0 Å². The van der Waals surface area contributed by atoms with E-state index in [1.165, 1.54) is 0 Å². The minimum absolute atomic E-state index is 0.0822. The summed E-state index contributed by atoms with van der Waals surface area (Å²) >= 11 is 3.46. The molecule has 1 atom stereocenters. The van der Waals surface area contributed by atoms with Gasteiger partial charge in [0.25, 0.3) is 0 Å². The number of amides is 1. The molecule has 7 heteroatoms. The molecule has 0 saturated heterocycles. The summed E-state index contributed by atoms with van der Waals surface area (Å²) in [5.41, 5.74) is 1.01. The minimum atomic E-state index is -0.325. The first-order valence-corrected chi connectivity index (χ1v) is 8.04. The Morgan fingerprint density at radius 1 is 1.35 bits per heavy atom.